The molecule has 6 nitrogen and oxygen atoms in total. The smallest absolute Gasteiger partial charge is 0.337 e. The van der Waals surface area contributed by atoms with E-state index in [1.807, 2.05) is 54.6 Å². The SMILES string of the molecule is CC1=NN(c2ccc(Cl)c(C(=O)O)c2)C(=O)/C1=C\c1ccc(OCc2ccccc2)cc1. The predicted octanol–water partition coefficient (Wildman–Crippen LogP) is 5.42. The minimum absolute atomic E-state index is 0.0895. The summed E-state index contributed by atoms with van der Waals surface area (Å²) in [6, 6.07) is 21.6. The molecule has 160 valence electrons. The minimum atomic E-state index is -1.17. The highest BCUT2D eigenvalue weighted by atomic mass is 35.5. The number of nitrogens with zero attached hydrogens (tertiary/aromatic N) is 2. The number of hydrazone groups is 1. The highest BCUT2D eigenvalue weighted by molar-refractivity contribution is 6.34. The number of halogens is 1. The van der Waals surface area contributed by atoms with Crippen LogP contribution < -0.4 is 9.75 Å². The Hall–Kier alpha value is -3.90. The van der Waals surface area contributed by atoms with Gasteiger partial charge in [0.15, 0.2) is 0 Å². The maximum atomic E-state index is 13.0. The van der Waals surface area contributed by atoms with E-state index in [1.54, 1.807) is 19.1 Å². The Labute approximate surface area is 190 Å². The molecule has 1 aliphatic rings. The average Bonchev–Trinajstić information content (AvgIpc) is 3.08. The second-order valence-electron chi connectivity index (χ2n) is 7.17. The summed E-state index contributed by atoms with van der Waals surface area (Å²) < 4.78 is 5.80. The molecule has 0 aliphatic carbocycles. The zero-order valence-electron chi connectivity index (χ0n) is 17.2. The van der Waals surface area contributed by atoms with E-state index in [4.69, 9.17) is 16.3 Å². The molecule has 32 heavy (non-hydrogen) atoms. The van der Waals surface area contributed by atoms with Crippen LogP contribution in [0.4, 0.5) is 5.69 Å². The number of ether oxygens (including phenoxy) is 1. The van der Waals surface area contributed by atoms with Gasteiger partial charge in [0.2, 0.25) is 0 Å². The van der Waals surface area contributed by atoms with E-state index in [0.29, 0.717) is 23.6 Å². The van der Waals surface area contributed by atoms with Crippen molar-refractivity contribution in [1.29, 1.82) is 0 Å². The molecule has 3 aromatic rings. The van der Waals surface area contributed by atoms with Gasteiger partial charge in [0.25, 0.3) is 5.91 Å². The molecule has 0 fully saturated rings. The second-order valence-corrected chi connectivity index (χ2v) is 7.58. The Kier molecular flexibility index (Phi) is 6.05. The van der Waals surface area contributed by atoms with Gasteiger partial charge in [0.05, 0.1) is 27.6 Å². The lowest BCUT2D eigenvalue weighted by atomic mass is 10.1. The summed E-state index contributed by atoms with van der Waals surface area (Å²) in [5.74, 6) is -0.789. The number of anilines is 1. The van der Waals surface area contributed by atoms with E-state index < -0.39 is 5.97 Å². The molecule has 0 atom stereocenters. The first-order valence-electron chi connectivity index (χ1n) is 9.84. The van der Waals surface area contributed by atoms with Crippen molar-refractivity contribution >= 4 is 41.0 Å². The normalized spacial score (nSPS) is 14.6. The Morgan fingerprint density at radius 3 is 2.50 bits per heavy atom. The maximum Gasteiger partial charge on any atom is 0.337 e. The van der Waals surface area contributed by atoms with Crippen LogP contribution in [0.5, 0.6) is 5.75 Å². The van der Waals surface area contributed by atoms with E-state index in [1.165, 1.54) is 17.1 Å². The van der Waals surface area contributed by atoms with Crippen LogP contribution in [0.1, 0.15) is 28.4 Å². The van der Waals surface area contributed by atoms with Crippen LogP contribution in [-0.4, -0.2) is 22.7 Å². The fourth-order valence-corrected chi connectivity index (χ4v) is 3.43. The fraction of sp³-hybridized carbons (Fsp3) is 0.0800. The van der Waals surface area contributed by atoms with E-state index in [-0.39, 0.29) is 16.5 Å². The van der Waals surface area contributed by atoms with Gasteiger partial charge in [-0.15, -0.1) is 0 Å². The van der Waals surface area contributed by atoms with Gasteiger partial charge in [0, 0.05) is 0 Å². The van der Waals surface area contributed by atoms with Crippen LogP contribution >= 0.6 is 11.6 Å². The lowest BCUT2D eigenvalue weighted by Crippen LogP contribution is -2.21. The molecular formula is C25H19ClN2O4. The van der Waals surface area contributed by atoms with Crippen molar-refractivity contribution in [2.24, 2.45) is 5.10 Å². The largest absolute Gasteiger partial charge is 0.489 e. The average molecular weight is 447 g/mol. The third kappa shape index (κ3) is 4.55. The fourth-order valence-electron chi connectivity index (χ4n) is 3.24. The molecule has 1 N–H and O–H groups in total. The minimum Gasteiger partial charge on any atom is -0.489 e. The van der Waals surface area contributed by atoms with Crippen molar-refractivity contribution in [1.82, 2.24) is 0 Å². The van der Waals surface area contributed by atoms with Crippen molar-refractivity contribution in [2.75, 3.05) is 5.01 Å². The molecule has 1 heterocycles. The Morgan fingerprint density at radius 2 is 1.81 bits per heavy atom. The summed E-state index contributed by atoms with van der Waals surface area (Å²) in [6.07, 6.45) is 1.75. The van der Waals surface area contributed by atoms with Crippen LogP contribution in [0.25, 0.3) is 6.08 Å². The van der Waals surface area contributed by atoms with Gasteiger partial charge in [-0.2, -0.15) is 10.1 Å². The Morgan fingerprint density at radius 1 is 1.09 bits per heavy atom. The van der Waals surface area contributed by atoms with Gasteiger partial charge in [-0.05, 0) is 54.5 Å². The lowest BCUT2D eigenvalue weighted by molar-refractivity contribution is -0.114. The summed E-state index contributed by atoms with van der Waals surface area (Å²) in [5, 5.41) is 14.9. The number of aromatic carboxylic acids is 1. The molecule has 1 aliphatic heterocycles. The number of carbonyl (C=O) groups excluding carboxylic acids is 1. The zero-order valence-corrected chi connectivity index (χ0v) is 17.9. The van der Waals surface area contributed by atoms with Crippen LogP contribution in [0.2, 0.25) is 5.02 Å². The molecule has 0 radical (unpaired) electrons. The van der Waals surface area contributed by atoms with Gasteiger partial charge in [-0.3, -0.25) is 4.79 Å². The van der Waals surface area contributed by atoms with Crippen molar-refractivity contribution < 1.29 is 19.4 Å². The summed E-state index contributed by atoms with van der Waals surface area (Å²) >= 11 is 5.93. The molecule has 0 unspecified atom stereocenters. The molecule has 0 bridgehead atoms. The maximum absolute atomic E-state index is 13.0. The van der Waals surface area contributed by atoms with Crippen LogP contribution in [0, 0.1) is 0 Å². The van der Waals surface area contributed by atoms with Gasteiger partial charge in [-0.25, -0.2) is 4.79 Å². The zero-order chi connectivity index (χ0) is 22.7. The number of carbonyl (C=O) groups is 2. The Bertz CT molecular complexity index is 1230. The number of rotatable bonds is 6. The number of amides is 1. The van der Waals surface area contributed by atoms with Gasteiger partial charge in [0.1, 0.15) is 12.4 Å². The lowest BCUT2D eigenvalue weighted by Gasteiger charge is -2.13. The van der Waals surface area contributed by atoms with Crippen molar-refractivity contribution in [2.45, 2.75) is 13.5 Å². The molecule has 7 heteroatoms. The van der Waals surface area contributed by atoms with Crippen LogP contribution in [0.3, 0.4) is 0 Å². The molecular weight excluding hydrogens is 428 g/mol. The highest BCUT2D eigenvalue weighted by Crippen LogP contribution is 2.29. The van der Waals surface area contributed by atoms with E-state index in [9.17, 15) is 14.7 Å². The van der Waals surface area contributed by atoms with Crippen molar-refractivity contribution in [3.63, 3.8) is 0 Å². The van der Waals surface area contributed by atoms with E-state index in [2.05, 4.69) is 5.10 Å². The van der Waals surface area contributed by atoms with Crippen molar-refractivity contribution in [3.05, 3.63) is 100 Å². The number of benzene rings is 3. The van der Waals surface area contributed by atoms with Gasteiger partial charge < -0.3 is 9.84 Å². The monoisotopic (exact) mass is 446 g/mol. The number of carboxylic acids is 1. The van der Waals surface area contributed by atoms with Gasteiger partial charge >= 0.3 is 5.97 Å². The highest BCUT2D eigenvalue weighted by Gasteiger charge is 2.29. The van der Waals surface area contributed by atoms with Crippen LogP contribution in [0.15, 0.2) is 83.5 Å². The second kappa shape index (κ2) is 9.08. The summed E-state index contributed by atoms with van der Waals surface area (Å²) in [7, 11) is 0. The first-order valence-corrected chi connectivity index (χ1v) is 10.2. The third-order valence-electron chi connectivity index (χ3n) is 4.93. The topological polar surface area (TPSA) is 79.2 Å². The number of hydrogen-bond donors (Lipinski definition) is 1. The standard InChI is InChI=1S/C25H19ClN2O4/c1-16-21(24(29)28(27-16)19-9-12-23(26)22(14-19)25(30)31)13-17-7-10-20(11-8-17)32-15-18-5-3-2-4-6-18/h2-14H,15H2,1H3,(H,30,31)/b21-13-. The van der Waals surface area contributed by atoms with Crippen LogP contribution in [-0.2, 0) is 11.4 Å². The molecule has 0 saturated heterocycles. The Balaban J connectivity index is 1.50. The first kappa shape index (κ1) is 21.3. The number of carboxylic acid groups (broad SMARTS) is 1. The van der Waals surface area contributed by atoms with Crippen molar-refractivity contribution in [3.8, 4) is 5.75 Å². The van der Waals surface area contributed by atoms with Gasteiger partial charge in [-0.1, -0.05) is 54.1 Å². The third-order valence-corrected chi connectivity index (χ3v) is 5.26. The molecule has 0 spiro atoms. The molecule has 0 aromatic heterocycles. The molecule has 1 amide bonds. The van der Waals surface area contributed by atoms with E-state index in [0.717, 1.165) is 16.9 Å². The molecule has 3 aromatic carbocycles. The summed E-state index contributed by atoms with van der Waals surface area (Å²) in [4.78, 5) is 24.3. The molecule has 0 saturated carbocycles. The van der Waals surface area contributed by atoms with E-state index >= 15 is 0 Å². The number of hydrogen-bond acceptors (Lipinski definition) is 4. The molecule has 4 rings (SSSR count). The predicted molar refractivity (Wildman–Crippen MR) is 124 cm³/mol. The summed E-state index contributed by atoms with van der Waals surface area (Å²) in [5.41, 5.74) is 3.10. The summed E-state index contributed by atoms with van der Waals surface area (Å²) in [6.45, 7) is 2.20. The quantitative estimate of drug-likeness (QED) is 0.512. The first-order chi connectivity index (χ1) is 15.4.